The Hall–Kier alpha value is -1.96. The summed E-state index contributed by atoms with van der Waals surface area (Å²) in [6.45, 7) is 0.0654. The van der Waals surface area contributed by atoms with Gasteiger partial charge in [0, 0.05) is 6.20 Å². The molecule has 0 atom stereocenters. The number of anilines is 1. The van der Waals surface area contributed by atoms with Gasteiger partial charge in [-0.1, -0.05) is 5.21 Å². The zero-order valence-electron chi connectivity index (χ0n) is 11.2. The number of nitrogens with zero attached hydrogens (tertiary/aromatic N) is 4. The van der Waals surface area contributed by atoms with E-state index in [1.54, 1.807) is 10.7 Å². The van der Waals surface area contributed by atoms with Crippen molar-refractivity contribution in [2.45, 2.75) is 32.2 Å². The van der Waals surface area contributed by atoms with E-state index in [1.165, 1.54) is 6.20 Å². The highest BCUT2D eigenvalue weighted by atomic mass is 79.9. The van der Waals surface area contributed by atoms with E-state index in [4.69, 9.17) is 0 Å². The molecule has 2 N–H and O–H groups in total. The van der Waals surface area contributed by atoms with Gasteiger partial charge >= 0.3 is 0 Å². The third-order valence-corrected chi connectivity index (χ3v) is 4.06. The highest BCUT2D eigenvalue weighted by Gasteiger charge is 2.19. The molecule has 8 heteroatoms. The van der Waals surface area contributed by atoms with Crippen molar-refractivity contribution in [1.82, 2.24) is 20.0 Å². The molecule has 1 amide bonds. The average molecular weight is 352 g/mol. The fraction of sp³-hybridized carbons (Fsp3) is 0.385. The normalized spacial score (nSPS) is 13.8. The maximum Gasteiger partial charge on any atom is 0.247 e. The second kappa shape index (κ2) is 5.80. The Morgan fingerprint density at radius 2 is 2.24 bits per heavy atom. The van der Waals surface area contributed by atoms with Gasteiger partial charge in [-0.2, -0.15) is 0 Å². The fourth-order valence-electron chi connectivity index (χ4n) is 2.38. The number of amides is 1. The summed E-state index contributed by atoms with van der Waals surface area (Å²) in [5.74, 6) is -0.260. The van der Waals surface area contributed by atoms with Crippen molar-refractivity contribution in [2.75, 3.05) is 5.32 Å². The van der Waals surface area contributed by atoms with Gasteiger partial charge in [-0.15, -0.1) is 5.10 Å². The van der Waals surface area contributed by atoms with E-state index in [2.05, 4.69) is 36.5 Å². The third-order valence-electron chi connectivity index (χ3n) is 3.42. The molecule has 110 valence electrons. The number of pyridine rings is 1. The smallest absolute Gasteiger partial charge is 0.247 e. The fourth-order valence-corrected chi connectivity index (χ4v) is 2.68. The first-order valence-corrected chi connectivity index (χ1v) is 7.49. The molecular weight excluding hydrogens is 338 g/mol. The van der Waals surface area contributed by atoms with Gasteiger partial charge in [0.25, 0.3) is 0 Å². The Morgan fingerprint density at radius 1 is 1.43 bits per heavy atom. The number of aromatic nitrogens is 4. The van der Waals surface area contributed by atoms with E-state index in [1.807, 2.05) is 0 Å². The van der Waals surface area contributed by atoms with Crippen LogP contribution in [0, 0.1) is 0 Å². The van der Waals surface area contributed by atoms with Crippen LogP contribution >= 0.6 is 15.9 Å². The molecule has 0 bridgehead atoms. The number of nitrogens with one attached hydrogen (secondary N) is 1. The first kappa shape index (κ1) is 14.0. The number of aryl methyl sites for hydroxylation is 1. The first-order valence-electron chi connectivity index (χ1n) is 6.69. The van der Waals surface area contributed by atoms with E-state index in [0.29, 0.717) is 4.47 Å². The zero-order valence-corrected chi connectivity index (χ0v) is 12.8. The van der Waals surface area contributed by atoms with Crippen LogP contribution in [0.3, 0.4) is 0 Å². The molecule has 0 saturated carbocycles. The number of rotatable bonds is 3. The van der Waals surface area contributed by atoms with E-state index >= 15 is 0 Å². The molecule has 3 rings (SSSR count). The van der Waals surface area contributed by atoms with Gasteiger partial charge in [0.2, 0.25) is 5.91 Å². The van der Waals surface area contributed by atoms with Crippen LogP contribution in [-0.2, 0) is 24.2 Å². The number of carbonyl (C=O) groups excluding carboxylic acids is 1. The van der Waals surface area contributed by atoms with Crippen LogP contribution < -0.4 is 5.32 Å². The zero-order chi connectivity index (χ0) is 14.8. The summed E-state index contributed by atoms with van der Waals surface area (Å²) in [6, 6.07) is 1.60. The molecule has 2 heterocycles. The molecule has 7 nitrogen and oxygen atoms in total. The largest absolute Gasteiger partial charge is 0.503 e. The van der Waals surface area contributed by atoms with Crippen molar-refractivity contribution in [3.05, 3.63) is 28.1 Å². The molecular formula is C13H14BrN5O2. The lowest BCUT2D eigenvalue weighted by Gasteiger charge is -2.12. The lowest BCUT2D eigenvalue weighted by molar-refractivity contribution is -0.117. The number of halogens is 1. The standard InChI is InChI=1S/C13H14BrN5O2/c14-8-5-6-15-13(12(8)21)16-11(20)7-19-10-4-2-1-3-9(10)17-18-19/h5-6,21H,1-4,7H2,(H,15,16,20). The maximum atomic E-state index is 12.1. The van der Waals surface area contributed by atoms with Crippen molar-refractivity contribution in [3.8, 4) is 5.75 Å². The Kier molecular flexibility index (Phi) is 3.87. The molecule has 2 aromatic rings. The lowest BCUT2D eigenvalue weighted by Crippen LogP contribution is -2.22. The summed E-state index contributed by atoms with van der Waals surface area (Å²) < 4.78 is 2.10. The Bertz CT molecular complexity index is 685. The minimum absolute atomic E-state index is 0.0654. The van der Waals surface area contributed by atoms with Crippen molar-refractivity contribution >= 4 is 27.7 Å². The van der Waals surface area contributed by atoms with Crippen LogP contribution in [0.15, 0.2) is 16.7 Å². The highest BCUT2D eigenvalue weighted by molar-refractivity contribution is 9.10. The van der Waals surface area contributed by atoms with Gasteiger partial charge in [0.05, 0.1) is 15.9 Å². The topological polar surface area (TPSA) is 92.9 Å². The van der Waals surface area contributed by atoms with Gasteiger partial charge in [-0.25, -0.2) is 9.67 Å². The maximum absolute atomic E-state index is 12.1. The molecule has 0 unspecified atom stereocenters. The summed E-state index contributed by atoms with van der Waals surface area (Å²) in [5.41, 5.74) is 2.01. The van der Waals surface area contributed by atoms with Gasteiger partial charge < -0.3 is 10.4 Å². The van der Waals surface area contributed by atoms with E-state index in [-0.39, 0.29) is 24.0 Å². The van der Waals surface area contributed by atoms with Gasteiger partial charge in [0.1, 0.15) is 6.54 Å². The number of carbonyl (C=O) groups is 1. The molecule has 0 radical (unpaired) electrons. The lowest BCUT2D eigenvalue weighted by atomic mass is 10.0. The van der Waals surface area contributed by atoms with E-state index in [9.17, 15) is 9.90 Å². The molecule has 0 spiro atoms. The van der Waals surface area contributed by atoms with Crippen LogP contribution in [0.1, 0.15) is 24.2 Å². The van der Waals surface area contributed by atoms with Crippen LogP contribution in [0.25, 0.3) is 0 Å². The van der Waals surface area contributed by atoms with Crippen molar-refractivity contribution in [2.24, 2.45) is 0 Å². The summed E-state index contributed by atoms with van der Waals surface area (Å²) in [7, 11) is 0. The molecule has 0 saturated heterocycles. The summed E-state index contributed by atoms with van der Waals surface area (Å²) in [5, 5.41) is 20.5. The van der Waals surface area contributed by atoms with Crippen LogP contribution in [-0.4, -0.2) is 31.0 Å². The number of hydrogen-bond donors (Lipinski definition) is 2. The van der Waals surface area contributed by atoms with Crippen LogP contribution in [0.5, 0.6) is 5.75 Å². The Morgan fingerprint density at radius 3 is 3.10 bits per heavy atom. The first-order chi connectivity index (χ1) is 10.1. The van der Waals surface area contributed by atoms with Crippen molar-refractivity contribution in [3.63, 3.8) is 0 Å². The van der Waals surface area contributed by atoms with Gasteiger partial charge in [-0.3, -0.25) is 4.79 Å². The van der Waals surface area contributed by atoms with Crippen molar-refractivity contribution in [1.29, 1.82) is 0 Å². The molecule has 0 fully saturated rings. The van der Waals surface area contributed by atoms with Gasteiger partial charge in [-0.05, 0) is 47.7 Å². The SMILES string of the molecule is O=C(Cn1nnc2c1CCCC2)Nc1nccc(Br)c1O. The number of aromatic hydroxyl groups is 1. The second-order valence-corrected chi connectivity index (χ2v) is 5.74. The third kappa shape index (κ3) is 2.90. The number of hydrogen-bond acceptors (Lipinski definition) is 5. The minimum atomic E-state index is -0.297. The predicted octanol–water partition coefficient (Wildman–Crippen LogP) is 1.66. The quantitative estimate of drug-likeness (QED) is 0.876. The Labute approximate surface area is 129 Å². The predicted molar refractivity (Wildman–Crippen MR) is 78.9 cm³/mol. The monoisotopic (exact) mass is 351 g/mol. The summed E-state index contributed by atoms with van der Waals surface area (Å²) in [4.78, 5) is 16.0. The summed E-state index contributed by atoms with van der Waals surface area (Å²) >= 11 is 3.18. The van der Waals surface area contributed by atoms with Crippen molar-refractivity contribution < 1.29 is 9.90 Å². The molecule has 0 aromatic carbocycles. The van der Waals surface area contributed by atoms with E-state index in [0.717, 1.165) is 37.1 Å². The molecule has 1 aliphatic carbocycles. The van der Waals surface area contributed by atoms with Crippen LogP contribution in [0.2, 0.25) is 0 Å². The average Bonchev–Trinajstić information content (AvgIpc) is 2.87. The molecule has 1 aliphatic rings. The van der Waals surface area contributed by atoms with Gasteiger partial charge in [0.15, 0.2) is 11.6 Å². The van der Waals surface area contributed by atoms with E-state index < -0.39 is 0 Å². The molecule has 0 aliphatic heterocycles. The Balaban J connectivity index is 1.72. The minimum Gasteiger partial charge on any atom is -0.503 e. The second-order valence-electron chi connectivity index (χ2n) is 4.89. The molecule has 21 heavy (non-hydrogen) atoms. The van der Waals surface area contributed by atoms with Crippen LogP contribution in [0.4, 0.5) is 5.82 Å². The summed E-state index contributed by atoms with van der Waals surface area (Å²) in [6.07, 6.45) is 5.53. The highest BCUT2D eigenvalue weighted by Crippen LogP contribution is 2.29. The molecule has 2 aromatic heterocycles. The number of fused-ring (bicyclic) bond motifs is 1.